The summed E-state index contributed by atoms with van der Waals surface area (Å²) in [5.74, 6) is 0.917. The van der Waals surface area contributed by atoms with Gasteiger partial charge in [0.05, 0.1) is 0 Å². The van der Waals surface area contributed by atoms with Crippen molar-refractivity contribution in [3.63, 3.8) is 0 Å². The number of hydrogen-bond acceptors (Lipinski definition) is 2. The monoisotopic (exact) mass is 138 g/mol. The molecule has 0 aromatic heterocycles. The van der Waals surface area contributed by atoms with Gasteiger partial charge in [0.15, 0.2) is 10.5 Å². The normalized spacial score (nSPS) is 18.4. The first-order chi connectivity index (χ1) is 3.12. The maximum absolute atomic E-state index is 10.2. The maximum atomic E-state index is 10.2. The van der Waals surface area contributed by atoms with E-state index < -0.39 is 7.60 Å². The fraction of sp³-hybridized carbons (Fsp3) is 0. The zero-order valence-electron chi connectivity index (χ0n) is 4.00. The summed E-state index contributed by atoms with van der Waals surface area (Å²) in [6.45, 7) is 3.09. The van der Waals surface area contributed by atoms with E-state index in [1.54, 1.807) is 0 Å². The van der Waals surface area contributed by atoms with Crippen LogP contribution in [-0.2, 0) is 8.78 Å². The Kier molecular flexibility index (Phi) is 2.46. The van der Waals surface area contributed by atoms with E-state index in [2.05, 4.69) is 10.8 Å². The Morgan fingerprint density at radius 2 is 2.43 bits per heavy atom. The minimum Gasteiger partial charge on any atom is -0.360 e. The van der Waals surface area contributed by atoms with Gasteiger partial charge in [0, 0.05) is 5.82 Å². The summed E-state index contributed by atoms with van der Waals surface area (Å²) in [4.78, 5) is 8.38. The van der Waals surface area contributed by atoms with E-state index in [4.69, 9.17) is 4.89 Å². The third-order valence-corrected chi connectivity index (χ3v) is 3.05. The fourth-order valence-corrected chi connectivity index (χ4v) is 0.671. The minimum absolute atomic E-state index is 0.273. The summed E-state index contributed by atoms with van der Waals surface area (Å²) in [7, 11) is -3.06. The molecule has 0 aromatic carbocycles. The van der Waals surface area contributed by atoms with E-state index in [1.807, 2.05) is 0 Å². The molecule has 0 aromatic rings. The lowest BCUT2D eigenvalue weighted by Gasteiger charge is -1.98. The van der Waals surface area contributed by atoms with Crippen molar-refractivity contribution in [1.82, 2.24) is 0 Å². The summed E-state index contributed by atoms with van der Waals surface area (Å²) in [6.07, 6.45) is 0. The van der Waals surface area contributed by atoms with Crippen LogP contribution < -0.4 is 0 Å². The van der Waals surface area contributed by atoms with Crippen LogP contribution in [0.4, 0.5) is 0 Å². The van der Waals surface area contributed by atoms with Gasteiger partial charge in [-0.2, -0.15) is 0 Å². The number of rotatable bonds is 2. The molecule has 0 aliphatic carbocycles. The van der Waals surface area contributed by atoms with Gasteiger partial charge >= 0.3 is 7.60 Å². The van der Waals surface area contributed by atoms with Crippen LogP contribution >= 0.6 is 7.60 Å². The van der Waals surface area contributed by atoms with Gasteiger partial charge in [-0.1, -0.05) is 6.58 Å². The fourth-order valence-electron chi connectivity index (χ4n) is 0.0745. The largest absolute Gasteiger partial charge is 0.360 e. The number of hydrogen-bond donors (Lipinski definition) is 1. The average molecular weight is 138 g/mol. The summed E-state index contributed by atoms with van der Waals surface area (Å²) in [5, 5.41) is 0. The van der Waals surface area contributed by atoms with Crippen molar-refractivity contribution < 1.29 is 13.7 Å². The van der Waals surface area contributed by atoms with Gasteiger partial charge in [-0.05, 0) is 0 Å². The zero-order chi connectivity index (χ0) is 5.91. The average Bonchev–Trinajstić information content (AvgIpc) is 1.68. The van der Waals surface area contributed by atoms with Crippen LogP contribution in [0.2, 0.25) is 0 Å². The molecule has 0 heterocycles. The van der Waals surface area contributed by atoms with Gasteiger partial charge in [-0.15, -0.1) is 0 Å². The molecule has 5 heteroatoms. The zero-order valence-corrected chi connectivity index (χ0v) is 6.89. The Morgan fingerprint density at radius 1 is 2.00 bits per heavy atom. The Morgan fingerprint density at radius 3 is 2.43 bits per heavy atom. The van der Waals surface area contributed by atoms with Gasteiger partial charge in [-0.25, -0.2) is 0 Å². The van der Waals surface area contributed by atoms with Crippen molar-refractivity contribution in [2.24, 2.45) is 0 Å². The molecule has 3 nitrogen and oxygen atoms in total. The van der Waals surface area contributed by atoms with Crippen LogP contribution in [0.1, 0.15) is 0 Å². The highest BCUT2D eigenvalue weighted by Crippen LogP contribution is 2.40. The van der Waals surface area contributed by atoms with Gasteiger partial charge < -0.3 is 9.11 Å². The smallest absolute Gasteiger partial charge is 0.340 e. The van der Waals surface area contributed by atoms with E-state index in [1.165, 1.54) is 0 Å². The maximum Gasteiger partial charge on any atom is 0.340 e. The van der Waals surface area contributed by atoms with Crippen LogP contribution in [0.5, 0.6) is 0 Å². The van der Waals surface area contributed by atoms with Crippen LogP contribution in [0, 0.1) is 0 Å². The molecule has 0 rings (SSSR count). The first kappa shape index (κ1) is 7.11. The summed E-state index contributed by atoms with van der Waals surface area (Å²) in [5.41, 5.74) is 0. The highest BCUT2D eigenvalue weighted by atomic mass is 31.2. The van der Waals surface area contributed by atoms with Crippen LogP contribution in [0.25, 0.3) is 0 Å². The Labute approximate surface area is 45.1 Å². The predicted molar refractivity (Wildman–Crippen MR) is 31.0 cm³/mol. The molecule has 0 saturated heterocycles. The van der Waals surface area contributed by atoms with Crippen molar-refractivity contribution in [1.29, 1.82) is 0 Å². The highest BCUT2D eigenvalue weighted by molar-refractivity contribution is 7.57. The van der Waals surface area contributed by atoms with Crippen molar-refractivity contribution in [2.45, 2.75) is 0 Å². The quantitative estimate of drug-likeness (QED) is 0.417. The van der Waals surface area contributed by atoms with Gasteiger partial charge in [0.1, 0.15) is 0 Å². The molecule has 7 heavy (non-hydrogen) atoms. The molecule has 0 saturated carbocycles. The second kappa shape index (κ2) is 2.42. The molecule has 0 radical (unpaired) electrons. The second-order valence-electron chi connectivity index (χ2n) is 0.929. The molecule has 0 aliphatic rings. The lowest BCUT2D eigenvalue weighted by Crippen LogP contribution is -1.76. The van der Waals surface area contributed by atoms with E-state index >= 15 is 0 Å². The molecule has 1 N–H and O–H groups in total. The Bertz CT molecular complexity index is 112. The third kappa shape index (κ3) is 2.76. The van der Waals surface area contributed by atoms with Crippen LogP contribution in [0.15, 0.2) is 12.4 Å². The van der Waals surface area contributed by atoms with E-state index in [0.29, 0.717) is 0 Å². The van der Waals surface area contributed by atoms with E-state index in [9.17, 15) is 4.57 Å². The van der Waals surface area contributed by atoms with Gasteiger partial charge in [0.25, 0.3) is 0 Å². The van der Waals surface area contributed by atoms with Crippen molar-refractivity contribution >= 4 is 18.1 Å². The van der Waals surface area contributed by atoms with Crippen molar-refractivity contribution in [3.8, 4) is 0 Å². The molecule has 0 amide bonds. The lowest BCUT2D eigenvalue weighted by atomic mass is 11.3. The second-order valence-corrected chi connectivity index (χ2v) is 3.88. The molecule has 0 fully saturated rings. The molecular weight excluding hydrogens is 131 g/mol. The molecule has 1 atom stereocenters. The molecule has 42 valence electrons. The van der Waals surface area contributed by atoms with Crippen LogP contribution in [-0.4, -0.2) is 15.4 Å². The Balaban J connectivity index is 3.85. The van der Waals surface area contributed by atoms with Gasteiger partial charge in [0.2, 0.25) is 0 Å². The summed E-state index contributed by atoms with van der Waals surface area (Å²) in [6, 6.07) is 0. The standard InChI is InChI=1S/C2H7O3PSi/c1-2-6(3,4)5-7/h2H,1H2,7H3,(H,3,4). The molecule has 0 spiro atoms. The molecule has 0 aliphatic heterocycles. The van der Waals surface area contributed by atoms with Crippen molar-refractivity contribution in [3.05, 3.63) is 12.4 Å². The molecule has 1 unspecified atom stereocenters. The predicted octanol–water partition coefficient (Wildman–Crippen LogP) is -0.388. The minimum atomic E-state index is -3.33. The topological polar surface area (TPSA) is 46.5 Å². The van der Waals surface area contributed by atoms with Gasteiger partial charge in [-0.3, -0.25) is 4.57 Å². The summed E-state index contributed by atoms with van der Waals surface area (Å²) >= 11 is 0. The first-order valence-electron chi connectivity index (χ1n) is 1.64. The molecule has 0 bridgehead atoms. The van der Waals surface area contributed by atoms with Crippen LogP contribution in [0.3, 0.4) is 0 Å². The van der Waals surface area contributed by atoms with Crippen molar-refractivity contribution in [2.75, 3.05) is 0 Å². The molecular formula is C2H7O3PSi. The SMILES string of the molecule is C=CP(=O)(O)O[SiH3]. The third-order valence-electron chi connectivity index (χ3n) is 0.492. The van der Waals surface area contributed by atoms with E-state index in [0.717, 1.165) is 5.82 Å². The summed E-state index contributed by atoms with van der Waals surface area (Å²) < 4.78 is 14.4. The Hall–Kier alpha value is 0.107. The first-order valence-corrected chi connectivity index (χ1v) is 4.10. The highest BCUT2D eigenvalue weighted by Gasteiger charge is 2.06. The van der Waals surface area contributed by atoms with E-state index in [-0.39, 0.29) is 10.5 Å². The lowest BCUT2D eigenvalue weighted by molar-refractivity contribution is 0.406.